The van der Waals surface area contributed by atoms with Crippen molar-refractivity contribution in [3.8, 4) is 10.6 Å². The predicted octanol–water partition coefficient (Wildman–Crippen LogP) is 4.87. The van der Waals surface area contributed by atoms with Crippen molar-refractivity contribution in [2.24, 2.45) is 0 Å². The predicted molar refractivity (Wildman–Crippen MR) is 109 cm³/mol. The maximum absolute atomic E-state index is 13.2. The Bertz CT molecular complexity index is 1100. The van der Waals surface area contributed by atoms with Crippen LogP contribution < -0.4 is 5.32 Å². The number of hydrogen-bond acceptors (Lipinski definition) is 3. The third-order valence-corrected chi connectivity index (χ3v) is 5.29. The van der Waals surface area contributed by atoms with Gasteiger partial charge in [-0.25, -0.2) is 8.78 Å². The molecular weight excluding hydrogens is 392 g/mol. The number of benzene rings is 2. The summed E-state index contributed by atoms with van der Waals surface area (Å²) in [7, 11) is 0. The first-order valence-electron chi connectivity index (χ1n) is 8.97. The number of nitrogens with one attached hydrogen (secondary N) is 1. The SMILES string of the molecule is O=C(NCc1ccc(F)cc1)c1cc(-c2cccs2)nn1Cc1ccc(F)cc1. The maximum atomic E-state index is 13.2. The molecule has 4 rings (SSSR count). The van der Waals surface area contributed by atoms with E-state index in [9.17, 15) is 13.6 Å². The van der Waals surface area contributed by atoms with Crippen molar-refractivity contribution in [3.05, 3.63) is 101 Å². The smallest absolute Gasteiger partial charge is 0.269 e. The molecule has 2 heterocycles. The summed E-state index contributed by atoms with van der Waals surface area (Å²) in [4.78, 5) is 13.8. The Morgan fingerprint density at radius 1 is 0.966 bits per heavy atom. The van der Waals surface area contributed by atoms with Crippen LogP contribution in [0.3, 0.4) is 0 Å². The van der Waals surface area contributed by atoms with Crippen LogP contribution in [0.15, 0.2) is 72.1 Å². The lowest BCUT2D eigenvalue weighted by Crippen LogP contribution is -2.26. The number of rotatable bonds is 6. The Kier molecular flexibility index (Phi) is 5.48. The topological polar surface area (TPSA) is 46.9 Å². The summed E-state index contributed by atoms with van der Waals surface area (Å²) in [6.07, 6.45) is 0. The molecule has 146 valence electrons. The fourth-order valence-corrected chi connectivity index (χ4v) is 3.58. The molecule has 0 radical (unpaired) electrons. The number of carbonyl (C=O) groups excluding carboxylic acids is 1. The highest BCUT2D eigenvalue weighted by Crippen LogP contribution is 2.24. The molecule has 29 heavy (non-hydrogen) atoms. The van der Waals surface area contributed by atoms with E-state index in [0.29, 0.717) is 17.9 Å². The molecule has 1 amide bonds. The van der Waals surface area contributed by atoms with Crippen LogP contribution >= 0.6 is 11.3 Å². The standard InChI is InChI=1S/C22H17F2N3OS/c23-17-7-3-15(4-8-17)13-25-22(28)20-12-19(21-2-1-11-29-21)26-27(20)14-16-5-9-18(24)10-6-16/h1-12H,13-14H2,(H,25,28). The van der Waals surface area contributed by atoms with Crippen LogP contribution in [0, 0.1) is 11.6 Å². The van der Waals surface area contributed by atoms with Gasteiger partial charge in [-0.1, -0.05) is 30.3 Å². The van der Waals surface area contributed by atoms with Crippen molar-refractivity contribution in [2.75, 3.05) is 0 Å². The fourth-order valence-electron chi connectivity index (χ4n) is 2.90. The first-order valence-corrected chi connectivity index (χ1v) is 9.85. The van der Waals surface area contributed by atoms with Crippen LogP contribution in [0.2, 0.25) is 0 Å². The molecule has 0 fully saturated rings. The average molecular weight is 409 g/mol. The van der Waals surface area contributed by atoms with Gasteiger partial charge in [-0.3, -0.25) is 9.48 Å². The van der Waals surface area contributed by atoms with Crippen LogP contribution in [-0.4, -0.2) is 15.7 Å². The highest BCUT2D eigenvalue weighted by atomic mass is 32.1. The van der Waals surface area contributed by atoms with Gasteiger partial charge in [0.15, 0.2) is 0 Å². The van der Waals surface area contributed by atoms with E-state index in [1.165, 1.54) is 35.6 Å². The zero-order valence-electron chi connectivity index (χ0n) is 15.3. The third kappa shape index (κ3) is 4.57. The number of carbonyl (C=O) groups is 1. The Morgan fingerprint density at radius 3 is 2.24 bits per heavy atom. The first kappa shape index (κ1) is 19.0. The van der Waals surface area contributed by atoms with Crippen molar-refractivity contribution in [2.45, 2.75) is 13.1 Å². The Labute approximate surface area is 170 Å². The van der Waals surface area contributed by atoms with E-state index in [-0.39, 0.29) is 24.1 Å². The van der Waals surface area contributed by atoms with Gasteiger partial charge in [-0.2, -0.15) is 5.10 Å². The molecule has 2 aromatic heterocycles. The van der Waals surface area contributed by atoms with Gasteiger partial charge in [-0.05, 0) is 52.9 Å². The number of thiophene rings is 1. The number of aromatic nitrogens is 2. The molecule has 0 atom stereocenters. The largest absolute Gasteiger partial charge is 0.347 e. The normalized spacial score (nSPS) is 10.8. The fraction of sp³-hybridized carbons (Fsp3) is 0.0909. The summed E-state index contributed by atoms with van der Waals surface area (Å²) < 4.78 is 27.9. The molecule has 0 saturated carbocycles. The van der Waals surface area contributed by atoms with E-state index < -0.39 is 0 Å². The van der Waals surface area contributed by atoms with Gasteiger partial charge >= 0.3 is 0 Å². The lowest BCUT2D eigenvalue weighted by atomic mass is 10.2. The minimum Gasteiger partial charge on any atom is -0.347 e. The Balaban J connectivity index is 1.58. The number of halogens is 2. The van der Waals surface area contributed by atoms with Crippen LogP contribution in [0.1, 0.15) is 21.6 Å². The van der Waals surface area contributed by atoms with Crippen LogP contribution in [0.5, 0.6) is 0 Å². The summed E-state index contributed by atoms with van der Waals surface area (Å²) in [5, 5.41) is 9.38. The van der Waals surface area contributed by atoms with E-state index in [2.05, 4.69) is 10.4 Å². The molecule has 4 nitrogen and oxygen atoms in total. The van der Waals surface area contributed by atoms with Crippen molar-refractivity contribution < 1.29 is 13.6 Å². The second-order valence-electron chi connectivity index (χ2n) is 6.49. The van der Waals surface area contributed by atoms with Crippen LogP contribution in [0.25, 0.3) is 10.6 Å². The van der Waals surface area contributed by atoms with Gasteiger partial charge < -0.3 is 5.32 Å². The number of amides is 1. The molecule has 7 heteroatoms. The van der Waals surface area contributed by atoms with Gasteiger partial charge in [0.25, 0.3) is 5.91 Å². The summed E-state index contributed by atoms with van der Waals surface area (Å²) in [5.41, 5.74) is 2.73. The summed E-state index contributed by atoms with van der Waals surface area (Å²) in [5.74, 6) is -0.921. The highest BCUT2D eigenvalue weighted by molar-refractivity contribution is 7.13. The number of nitrogens with zero attached hydrogens (tertiary/aromatic N) is 2. The lowest BCUT2D eigenvalue weighted by molar-refractivity contribution is 0.0940. The number of hydrogen-bond donors (Lipinski definition) is 1. The quantitative estimate of drug-likeness (QED) is 0.494. The third-order valence-electron chi connectivity index (χ3n) is 4.40. The van der Waals surface area contributed by atoms with Crippen molar-refractivity contribution >= 4 is 17.2 Å². The van der Waals surface area contributed by atoms with Gasteiger partial charge in [0, 0.05) is 6.54 Å². The van der Waals surface area contributed by atoms with Crippen molar-refractivity contribution in [1.29, 1.82) is 0 Å². The van der Waals surface area contributed by atoms with E-state index in [0.717, 1.165) is 16.0 Å². The minimum absolute atomic E-state index is 0.273. The van der Waals surface area contributed by atoms with E-state index in [1.807, 2.05) is 17.5 Å². The van der Waals surface area contributed by atoms with E-state index in [1.54, 1.807) is 35.0 Å². The zero-order valence-corrected chi connectivity index (χ0v) is 16.1. The molecule has 0 spiro atoms. The molecule has 0 aliphatic carbocycles. The first-order chi connectivity index (χ1) is 14.1. The summed E-state index contributed by atoms with van der Waals surface area (Å²) in [6.45, 7) is 0.611. The highest BCUT2D eigenvalue weighted by Gasteiger charge is 2.17. The molecule has 2 aromatic carbocycles. The molecule has 4 aromatic rings. The second-order valence-corrected chi connectivity index (χ2v) is 7.43. The van der Waals surface area contributed by atoms with Crippen LogP contribution in [-0.2, 0) is 13.1 Å². The average Bonchev–Trinajstić information content (AvgIpc) is 3.39. The Hall–Kier alpha value is -3.32. The maximum Gasteiger partial charge on any atom is 0.269 e. The summed E-state index contributed by atoms with van der Waals surface area (Å²) >= 11 is 1.54. The van der Waals surface area contributed by atoms with E-state index in [4.69, 9.17) is 0 Å². The van der Waals surface area contributed by atoms with Gasteiger partial charge in [0.2, 0.25) is 0 Å². The monoisotopic (exact) mass is 409 g/mol. The van der Waals surface area contributed by atoms with Gasteiger partial charge in [-0.15, -0.1) is 11.3 Å². The second kappa shape index (κ2) is 8.36. The van der Waals surface area contributed by atoms with Crippen molar-refractivity contribution in [3.63, 3.8) is 0 Å². The lowest BCUT2D eigenvalue weighted by Gasteiger charge is -2.09. The van der Waals surface area contributed by atoms with E-state index >= 15 is 0 Å². The molecule has 0 bridgehead atoms. The zero-order chi connectivity index (χ0) is 20.2. The van der Waals surface area contributed by atoms with Crippen molar-refractivity contribution in [1.82, 2.24) is 15.1 Å². The molecule has 0 aliphatic heterocycles. The van der Waals surface area contributed by atoms with Gasteiger partial charge in [0.05, 0.1) is 11.4 Å². The molecular formula is C22H17F2N3OS. The van der Waals surface area contributed by atoms with Gasteiger partial charge in [0.1, 0.15) is 23.0 Å². The molecule has 0 aliphatic rings. The van der Waals surface area contributed by atoms with Crippen LogP contribution in [0.4, 0.5) is 8.78 Å². The Morgan fingerprint density at radius 2 is 1.62 bits per heavy atom. The molecule has 1 N–H and O–H groups in total. The molecule has 0 saturated heterocycles. The minimum atomic E-state index is -0.321. The molecule has 0 unspecified atom stereocenters. The summed E-state index contributed by atoms with van der Waals surface area (Å²) in [6, 6.07) is 17.7.